The van der Waals surface area contributed by atoms with Crippen molar-refractivity contribution >= 4 is 11.6 Å². The van der Waals surface area contributed by atoms with E-state index in [9.17, 15) is 28.5 Å². The number of halogens is 2. The number of nitrogens with two attached hydrogens (primary N) is 1. The molecule has 0 radical (unpaired) electrons. The number of aromatic nitrogens is 1. The van der Waals surface area contributed by atoms with Crippen LogP contribution in [-0.2, 0) is 0 Å². The Hall–Kier alpha value is -2.32. The summed E-state index contributed by atoms with van der Waals surface area (Å²) in [5.74, 6) is -1.29. The van der Waals surface area contributed by atoms with Crippen LogP contribution in [0.15, 0.2) is 10.9 Å². The highest BCUT2D eigenvalue weighted by Gasteiger charge is 2.24. The molecule has 0 spiro atoms. The first-order chi connectivity index (χ1) is 7.34. The summed E-state index contributed by atoms with van der Waals surface area (Å²) >= 11 is 0. The minimum absolute atomic E-state index is 0.337. The fourth-order valence-corrected chi connectivity index (χ4v) is 1.05. The zero-order valence-corrected chi connectivity index (χ0v) is 7.57. The molecule has 0 unspecified atom stereocenters. The molecule has 86 valence electrons. The van der Waals surface area contributed by atoms with Crippen LogP contribution < -0.4 is 11.3 Å². The average Bonchev–Trinajstić information content (AvgIpc) is 2.15. The standard InChI is InChI=1S/C7H5F2N3O4/c8-5(9)2-1-3(12(15)16)7(14)11-4(2)6(10)13/h1,5H,(H2,10,13)(H,11,14). The Morgan fingerprint density at radius 1 is 1.56 bits per heavy atom. The first-order valence-corrected chi connectivity index (χ1v) is 3.84. The van der Waals surface area contributed by atoms with Crippen molar-refractivity contribution in [1.82, 2.24) is 4.98 Å². The number of hydrogen-bond acceptors (Lipinski definition) is 4. The topological polar surface area (TPSA) is 119 Å². The third-order valence-corrected chi connectivity index (χ3v) is 1.73. The summed E-state index contributed by atoms with van der Waals surface area (Å²) in [6.45, 7) is 0. The van der Waals surface area contributed by atoms with Gasteiger partial charge in [0.2, 0.25) is 0 Å². The Kier molecular flexibility index (Phi) is 2.97. The Balaban J connectivity index is 3.56. The second-order valence-corrected chi connectivity index (χ2v) is 2.74. The van der Waals surface area contributed by atoms with Crippen LogP contribution in [0.3, 0.4) is 0 Å². The molecule has 0 saturated carbocycles. The molecule has 7 nitrogen and oxygen atoms in total. The summed E-state index contributed by atoms with van der Waals surface area (Å²) in [5.41, 5.74) is 0.604. The summed E-state index contributed by atoms with van der Waals surface area (Å²) in [6, 6.07) is 0.337. The number of amides is 1. The lowest BCUT2D eigenvalue weighted by molar-refractivity contribution is -0.386. The van der Waals surface area contributed by atoms with Gasteiger partial charge in [0.1, 0.15) is 5.69 Å². The van der Waals surface area contributed by atoms with Crippen LogP contribution in [0.2, 0.25) is 0 Å². The molecule has 0 aliphatic carbocycles. The van der Waals surface area contributed by atoms with E-state index >= 15 is 0 Å². The van der Waals surface area contributed by atoms with Crippen molar-refractivity contribution in [3.8, 4) is 0 Å². The van der Waals surface area contributed by atoms with Crippen molar-refractivity contribution in [2.24, 2.45) is 5.73 Å². The number of rotatable bonds is 3. The molecule has 0 aliphatic rings. The molecular formula is C7H5F2N3O4. The molecule has 1 aromatic heterocycles. The third-order valence-electron chi connectivity index (χ3n) is 1.73. The number of pyridine rings is 1. The van der Waals surface area contributed by atoms with Gasteiger partial charge in [-0.2, -0.15) is 0 Å². The Morgan fingerprint density at radius 3 is 2.50 bits per heavy atom. The van der Waals surface area contributed by atoms with Crippen molar-refractivity contribution < 1.29 is 18.5 Å². The van der Waals surface area contributed by atoms with Crippen LogP contribution in [0.4, 0.5) is 14.5 Å². The monoisotopic (exact) mass is 233 g/mol. The summed E-state index contributed by atoms with van der Waals surface area (Å²) in [5, 5.41) is 10.3. The summed E-state index contributed by atoms with van der Waals surface area (Å²) in [4.78, 5) is 32.5. The first kappa shape index (κ1) is 11.8. The van der Waals surface area contributed by atoms with E-state index in [0.717, 1.165) is 0 Å². The van der Waals surface area contributed by atoms with Crippen LogP contribution >= 0.6 is 0 Å². The highest BCUT2D eigenvalue weighted by Crippen LogP contribution is 2.23. The first-order valence-electron chi connectivity index (χ1n) is 3.84. The minimum atomic E-state index is -3.15. The van der Waals surface area contributed by atoms with Gasteiger partial charge < -0.3 is 10.7 Å². The van der Waals surface area contributed by atoms with E-state index in [-0.39, 0.29) is 0 Å². The van der Waals surface area contributed by atoms with Gasteiger partial charge in [-0.25, -0.2) is 8.78 Å². The number of carbonyl (C=O) groups excluding carboxylic acids is 1. The molecule has 0 aromatic carbocycles. The molecule has 0 bridgehead atoms. The highest BCUT2D eigenvalue weighted by molar-refractivity contribution is 5.92. The van der Waals surface area contributed by atoms with E-state index < -0.39 is 39.8 Å². The van der Waals surface area contributed by atoms with Gasteiger partial charge in [0, 0.05) is 6.07 Å². The fourth-order valence-electron chi connectivity index (χ4n) is 1.05. The average molecular weight is 233 g/mol. The minimum Gasteiger partial charge on any atom is -0.364 e. The predicted molar refractivity (Wildman–Crippen MR) is 47.2 cm³/mol. The third kappa shape index (κ3) is 2.02. The van der Waals surface area contributed by atoms with E-state index in [1.165, 1.54) is 0 Å². The molecule has 0 saturated heterocycles. The maximum atomic E-state index is 12.4. The SMILES string of the molecule is NC(=O)c1[nH]c(=O)c([N+](=O)[O-])cc1C(F)F. The summed E-state index contributed by atoms with van der Waals surface area (Å²) < 4.78 is 24.8. The molecule has 1 aromatic rings. The molecule has 1 rings (SSSR count). The quantitative estimate of drug-likeness (QED) is 0.576. The van der Waals surface area contributed by atoms with Crippen molar-refractivity contribution in [2.75, 3.05) is 0 Å². The van der Waals surface area contributed by atoms with E-state index in [1.54, 1.807) is 4.98 Å². The van der Waals surface area contributed by atoms with Crippen molar-refractivity contribution in [1.29, 1.82) is 0 Å². The van der Waals surface area contributed by atoms with Crippen LogP contribution in [0.25, 0.3) is 0 Å². The smallest absolute Gasteiger partial charge is 0.334 e. The van der Waals surface area contributed by atoms with Gasteiger partial charge in [0.25, 0.3) is 12.3 Å². The zero-order valence-electron chi connectivity index (χ0n) is 7.57. The number of nitrogens with zero attached hydrogens (tertiary/aromatic N) is 1. The van der Waals surface area contributed by atoms with Gasteiger partial charge in [-0.15, -0.1) is 0 Å². The molecule has 0 aliphatic heterocycles. The number of aromatic amines is 1. The van der Waals surface area contributed by atoms with E-state index in [1.807, 2.05) is 0 Å². The molecule has 3 N–H and O–H groups in total. The van der Waals surface area contributed by atoms with Gasteiger partial charge in [-0.3, -0.25) is 19.7 Å². The number of primary amides is 1. The molecule has 0 atom stereocenters. The second kappa shape index (κ2) is 4.04. The molecular weight excluding hydrogens is 228 g/mol. The summed E-state index contributed by atoms with van der Waals surface area (Å²) in [7, 11) is 0. The van der Waals surface area contributed by atoms with E-state index in [2.05, 4.69) is 0 Å². The number of nitrogens with one attached hydrogen (secondary N) is 1. The maximum Gasteiger partial charge on any atom is 0.334 e. The fraction of sp³-hybridized carbons (Fsp3) is 0.143. The lowest BCUT2D eigenvalue weighted by Crippen LogP contribution is -2.23. The number of carbonyl (C=O) groups is 1. The largest absolute Gasteiger partial charge is 0.364 e. The summed E-state index contributed by atoms with van der Waals surface area (Å²) in [6.07, 6.45) is -3.15. The number of H-pyrrole nitrogens is 1. The van der Waals surface area contributed by atoms with Gasteiger partial charge in [0.15, 0.2) is 0 Å². The lowest BCUT2D eigenvalue weighted by atomic mass is 10.2. The van der Waals surface area contributed by atoms with E-state index in [4.69, 9.17) is 5.73 Å². The Bertz CT molecular complexity index is 511. The predicted octanol–water partition coefficient (Wildman–Crippen LogP) is 0.320. The molecule has 9 heteroatoms. The van der Waals surface area contributed by atoms with Crippen molar-refractivity contribution in [3.63, 3.8) is 0 Å². The maximum absolute atomic E-state index is 12.4. The molecule has 1 heterocycles. The zero-order chi connectivity index (χ0) is 12.5. The van der Waals surface area contributed by atoms with Crippen LogP contribution in [-0.4, -0.2) is 15.8 Å². The van der Waals surface area contributed by atoms with Crippen LogP contribution in [0.5, 0.6) is 0 Å². The lowest BCUT2D eigenvalue weighted by Gasteiger charge is -2.04. The van der Waals surface area contributed by atoms with Gasteiger partial charge >= 0.3 is 11.2 Å². The highest BCUT2D eigenvalue weighted by atomic mass is 19.3. The number of hydrogen-bond donors (Lipinski definition) is 2. The second-order valence-electron chi connectivity index (χ2n) is 2.74. The van der Waals surface area contributed by atoms with Crippen LogP contribution in [0.1, 0.15) is 22.5 Å². The van der Waals surface area contributed by atoms with Crippen LogP contribution in [0, 0.1) is 10.1 Å². The van der Waals surface area contributed by atoms with E-state index in [0.29, 0.717) is 6.07 Å². The molecule has 1 amide bonds. The number of alkyl halides is 2. The van der Waals surface area contributed by atoms with Crippen molar-refractivity contribution in [3.05, 3.63) is 37.8 Å². The Morgan fingerprint density at radius 2 is 2.12 bits per heavy atom. The molecule has 16 heavy (non-hydrogen) atoms. The van der Waals surface area contributed by atoms with Gasteiger partial charge in [-0.05, 0) is 0 Å². The van der Waals surface area contributed by atoms with Gasteiger partial charge in [0.05, 0.1) is 10.5 Å². The van der Waals surface area contributed by atoms with Gasteiger partial charge in [-0.1, -0.05) is 0 Å². The molecule has 0 fully saturated rings. The normalized spacial score (nSPS) is 10.4. The van der Waals surface area contributed by atoms with Crippen molar-refractivity contribution in [2.45, 2.75) is 6.43 Å². The Labute approximate surface area is 86.0 Å². The number of nitro groups is 1.